The Morgan fingerprint density at radius 1 is 1.04 bits per heavy atom. The Morgan fingerprint density at radius 2 is 1.77 bits per heavy atom. The van der Waals surface area contributed by atoms with E-state index in [4.69, 9.17) is 9.15 Å². The first-order chi connectivity index (χ1) is 12.7. The minimum atomic E-state index is -1.21. The molecular weight excluding hydrogens is 350 g/mol. The van der Waals surface area contributed by atoms with Crippen LogP contribution in [0.25, 0.3) is 0 Å². The highest BCUT2D eigenvalue weighted by atomic mass is 32.2. The van der Waals surface area contributed by atoms with Gasteiger partial charge in [0.15, 0.2) is 5.76 Å². The number of benzene rings is 2. The lowest BCUT2D eigenvalue weighted by Crippen LogP contribution is -2.22. The molecule has 1 heterocycles. The number of nitrogens with one attached hydrogen (secondary N) is 1. The SMILES string of the molecule is COc1ccccc1CNC(=O)c1ccc(C[S@@](=O)c2ccccc2)o1. The van der Waals surface area contributed by atoms with Crippen molar-refractivity contribution in [3.8, 4) is 5.75 Å². The third-order valence-electron chi connectivity index (χ3n) is 3.80. The van der Waals surface area contributed by atoms with E-state index < -0.39 is 10.8 Å². The Kier molecular flexibility index (Phi) is 5.86. The molecule has 3 rings (SSSR count). The first-order valence-corrected chi connectivity index (χ1v) is 9.41. The molecule has 0 saturated carbocycles. The third-order valence-corrected chi connectivity index (χ3v) is 5.14. The third kappa shape index (κ3) is 4.40. The van der Waals surface area contributed by atoms with Gasteiger partial charge in [0.1, 0.15) is 11.5 Å². The molecule has 0 fully saturated rings. The molecule has 0 radical (unpaired) electrons. The van der Waals surface area contributed by atoms with Crippen molar-refractivity contribution in [1.82, 2.24) is 5.32 Å². The van der Waals surface area contributed by atoms with E-state index in [1.165, 1.54) is 0 Å². The molecule has 3 aromatic rings. The molecule has 134 valence electrons. The molecule has 0 aliphatic rings. The highest BCUT2D eigenvalue weighted by Crippen LogP contribution is 2.18. The Morgan fingerprint density at radius 3 is 2.54 bits per heavy atom. The van der Waals surface area contributed by atoms with E-state index in [1.54, 1.807) is 31.4 Å². The molecule has 0 spiro atoms. The summed E-state index contributed by atoms with van der Waals surface area (Å²) in [4.78, 5) is 13.0. The second kappa shape index (κ2) is 8.49. The average Bonchev–Trinajstić information content (AvgIpc) is 3.15. The van der Waals surface area contributed by atoms with Gasteiger partial charge in [-0.15, -0.1) is 0 Å². The Hall–Kier alpha value is -2.86. The molecule has 1 amide bonds. The summed E-state index contributed by atoms with van der Waals surface area (Å²) in [6.45, 7) is 0.328. The summed E-state index contributed by atoms with van der Waals surface area (Å²) in [5.74, 6) is 1.32. The van der Waals surface area contributed by atoms with Crippen molar-refractivity contribution >= 4 is 16.7 Å². The lowest BCUT2D eigenvalue weighted by atomic mass is 10.2. The van der Waals surface area contributed by atoms with Crippen molar-refractivity contribution in [2.45, 2.75) is 17.2 Å². The molecule has 1 N–H and O–H groups in total. The second-order valence-corrected chi connectivity index (χ2v) is 7.01. The highest BCUT2D eigenvalue weighted by molar-refractivity contribution is 7.84. The Labute approximate surface area is 154 Å². The van der Waals surface area contributed by atoms with Crippen LogP contribution >= 0.6 is 0 Å². The molecule has 1 atom stereocenters. The maximum absolute atomic E-state index is 12.3. The smallest absolute Gasteiger partial charge is 0.287 e. The van der Waals surface area contributed by atoms with Crippen molar-refractivity contribution in [3.05, 3.63) is 83.8 Å². The minimum Gasteiger partial charge on any atom is -0.496 e. The van der Waals surface area contributed by atoms with Crippen LogP contribution in [0.15, 0.2) is 76.0 Å². The van der Waals surface area contributed by atoms with Crippen LogP contribution in [0.5, 0.6) is 5.75 Å². The van der Waals surface area contributed by atoms with E-state index >= 15 is 0 Å². The Bertz CT molecular complexity index is 905. The van der Waals surface area contributed by atoms with Crippen LogP contribution in [-0.2, 0) is 23.1 Å². The second-order valence-electron chi connectivity index (χ2n) is 5.56. The molecule has 0 saturated heterocycles. The summed E-state index contributed by atoms with van der Waals surface area (Å²) in [7, 11) is 0.376. The minimum absolute atomic E-state index is 0.194. The predicted octanol–water partition coefficient (Wildman–Crippen LogP) is 3.53. The monoisotopic (exact) mass is 369 g/mol. The molecule has 0 aliphatic carbocycles. The normalized spacial score (nSPS) is 11.7. The van der Waals surface area contributed by atoms with Crippen molar-refractivity contribution in [2.24, 2.45) is 0 Å². The zero-order valence-corrected chi connectivity index (χ0v) is 15.1. The van der Waals surface area contributed by atoms with E-state index in [0.29, 0.717) is 18.1 Å². The van der Waals surface area contributed by atoms with Gasteiger partial charge in [0.25, 0.3) is 5.91 Å². The van der Waals surface area contributed by atoms with E-state index in [1.807, 2.05) is 42.5 Å². The maximum Gasteiger partial charge on any atom is 0.287 e. The van der Waals surface area contributed by atoms with Gasteiger partial charge in [0.05, 0.1) is 23.7 Å². The number of hydrogen-bond acceptors (Lipinski definition) is 4. The Balaban J connectivity index is 1.60. The number of furan rings is 1. The van der Waals surface area contributed by atoms with Crippen LogP contribution in [0.4, 0.5) is 0 Å². The zero-order chi connectivity index (χ0) is 18.4. The highest BCUT2D eigenvalue weighted by Gasteiger charge is 2.14. The molecule has 0 unspecified atom stereocenters. The van der Waals surface area contributed by atoms with Crippen molar-refractivity contribution < 1.29 is 18.2 Å². The molecule has 0 bridgehead atoms. The number of amides is 1. The van der Waals surface area contributed by atoms with Gasteiger partial charge in [-0.1, -0.05) is 36.4 Å². The van der Waals surface area contributed by atoms with Crippen molar-refractivity contribution in [1.29, 1.82) is 0 Å². The van der Waals surface area contributed by atoms with Crippen LogP contribution in [0, 0.1) is 0 Å². The molecule has 0 aliphatic heterocycles. The summed E-state index contributed by atoms with van der Waals surface area (Å²) in [6, 6.07) is 19.9. The standard InChI is InChI=1S/C20H19NO4S/c1-24-18-10-6-5-7-15(18)13-21-20(22)19-12-11-16(25-19)14-26(23)17-8-3-2-4-9-17/h2-12H,13-14H2,1H3,(H,21,22)/t26-/m1/s1. The van der Waals surface area contributed by atoms with Gasteiger partial charge >= 0.3 is 0 Å². The van der Waals surface area contributed by atoms with E-state index in [-0.39, 0.29) is 17.4 Å². The first-order valence-electron chi connectivity index (χ1n) is 8.09. The van der Waals surface area contributed by atoms with Gasteiger partial charge in [0, 0.05) is 17.0 Å². The lowest BCUT2D eigenvalue weighted by molar-refractivity contribution is 0.0921. The number of rotatable bonds is 7. The number of carbonyl (C=O) groups excluding carboxylic acids is 1. The summed E-state index contributed by atoms with van der Waals surface area (Å²) in [5, 5.41) is 2.80. The fourth-order valence-electron chi connectivity index (χ4n) is 2.47. The summed E-state index contributed by atoms with van der Waals surface area (Å²) in [6.07, 6.45) is 0. The van der Waals surface area contributed by atoms with Crippen LogP contribution in [0.2, 0.25) is 0 Å². The van der Waals surface area contributed by atoms with Crippen molar-refractivity contribution in [3.63, 3.8) is 0 Å². The van der Waals surface area contributed by atoms with E-state index in [0.717, 1.165) is 10.5 Å². The van der Waals surface area contributed by atoms with Gasteiger partial charge in [-0.2, -0.15) is 0 Å². The molecule has 2 aromatic carbocycles. The summed E-state index contributed by atoms with van der Waals surface area (Å²) in [5.41, 5.74) is 0.875. The average molecular weight is 369 g/mol. The van der Waals surface area contributed by atoms with E-state index in [9.17, 15) is 9.00 Å². The molecule has 26 heavy (non-hydrogen) atoms. The fourth-order valence-corrected chi connectivity index (χ4v) is 3.51. The van der Waals surface area contributed by atoms with Gasteiger partial charge in [-0.05, 0) is 30.3 Å². The van der Waals surface area contributed by atoms with Gasteiger partial charge < -0.3 is 14.5 Å². The van der Waals surface area contributed by atoms with Crippen LogP contribution in [-0.4, -0.2) is 17.2 Å². The van der Waals surface area contributed by atoms with Crippen LogP contribution < -0.4 is 10.1 Å². The largest absolute Gasteiger partial charge is 0.496 e. The predicted molar refractivity (Wildman–Crippen MR) is 99.4 cm³/mol. The fraction of sp³-hybridized carbons (Fsp3) is 0.150. The maximum atomic E-state index is 12.3. The van der Waals surface area contributed by atoms with Crippen LogP contribution in [0.1, 0.15) is 21.9 Å². The van der Waals surface area contributed by atoms with Gasteiger partial charge in [0.2, 0.25) is 0 Å². The summed E-state index contributed by atoms with van der Waals surface area (Å²) < 4.78 is 23.1. The lowest BCUT2D eigenvalue weighted by Gasteiger charge is -2.08. The number of para-hydroxylation sites is 1. The zero-order valence-electron chi connectivity index (χ0n) is 14.3. The first kappa shape index (κ1) is 17.9. The number of hydrogen-bond donors (Lipinski definition) is 1. The quantitative estimate of drug-likeness (QED) is 0.692. The van der Waals surface area contributed by atoms with Gasteiger partial charge in [-0.3, -0.25) is 9.00 Å². The summed E-state index contributed by atoms with van der Waals surface area (Å²) >= 11 is 0. The van der Waals surface area contributed by atoms with Gasteiger partial charge in [-0.25, -0.2) is 0 Å². The number of methoxy groups -OCH3 is 1. The van der Waals surface area contributed by atoms with Crippen LogP contribution in [0.3, 0.4) is 0 Å². The topological polar surface area (TPSA) is 68.5 Å². The number of ether oxygens (including phenoxy) is 1. The molecule has 5 nitrogen and oxygen atoms in total. The molecular formula is C20H19NO4S. The molecule has 1 aromatic heterocycles. The van der Waals surface area contributed by atoms with E-state index in [2.05, 4.69) is 5.32 Å². The number of carbonyl (C=O) groups is 1. The van der Waals surface area contributed by atoms with Crippen molar-refractivity contribution in [2.75, 3.05) is 7.11 Å². The molecule has 6 heteroatoms.